The zero-order valence-electron chi connectivity index (χ0n) is 15.6. The molecule has 1 saturated carbocycles. The third-order valence-electron chi connectivity index (χ3n) is 4.67. The maximum absolute atomic E-state index is 12.7. The Hall–Kier alpha value is -2.06. The molecule has 3 rings (SSSR count). The van der Waals surface area contributed by atoms with Gasteiger partial charge in [-0.25, -0.2) is 0 Å². The number of alkyl halides is 3. The van der Waals surface area contributed by atoms with E-state index in [9.17, 15) is 18.0 Å². The van der Waals surface area contributed by atoms with Crippen LogP contribution in [0.2, 0.25) is 0 Å². The van der Waals surface area contributed by atoms with Crippen molar-refractivity contribution in [3.8, 4) is 5.75 Å². The molecule has 5 atom stereocenters. The summed E-state index contributed by atoms with van der Waals surface area (Å²) in [4.78, 5) is 11.6. The third kappa shape index (κ3) is 4.19. The van der Waals surface area contributed by atoms with Crippen molar-refractivity contribution in [1.82, 2.24) is 0 Å². The van der Waals surface area contributed by atoms with Gasteiger partial charge in [0.15, 0.2) is 0 Å². The van der Waals surface area contributed by atoms with E-state index in [1.165, 1.54) is 12.1 Å². The highest BCUT2D eigenvalue weighted by atomic mass is 19.4. The van der Waals surface area contributed by atoms with Gasteiger partial charge >= 0.3 is 12.1 Å². The van der Waals surface area contributed by atoms with Crippen molar-refractivity contribution in [2.24, 2.45) is 11.8 Å². The Morgan fingerprint density at radius 3 is 3.04 bits per heavy atom. The Bertz CT molecular complexity index is 727. The molecule has 2 aliphatic rings. The van der Waals surface area contributed by atoms with Gasteiger partial charge in [0.25, 0.3) is 0 Å². The minimum absolute atomic E-state index is 0.0135. The van der Waals surface area contributed by atoms with E-state index in [-0.39, 0.29) is 36.6 Å². The summed E-state index contributed by atoms with van der Waals surface area (Å²) in [5.74, 6) is -0.699. The molecule has 1 aromatic carbocycles. The summed E-state index contributed by atoms with van der Waals surface area (Å²) in [5.41, 5.74) is -0.828. The third-order valence-corrected chi connectivity index (χ3v) is 4.67. The van der Waals surface area contributed by atoms with Gasteiger partial charge in [-0.2, -0.15) is 13.2 Å². The lowest BCUT2D eigenvalue weighted by molar-refractivity contribution is -0.156. The number of carbonyl (C=O) groups excluding carboxylic acids is 1. The van der Waals surface area contributed by atoms with Crippen LogP contribution in [0.5, 0.6) is 5.75 Å². The van der Waals surface area contributed by atoms with Gasteiger partial charge in [0.2, 0.25) is 2.86 Å². The van der Waals surface area contributed by atoms with E-state index in [1.54, 1.807) is 12.2 Å². The number of benzene rings is 1. The molecular weight excluding hydrogens is 353 g/mol. The van der Waals surface area contributed by atoms with Crippen LogP contribution in [-0.4, -0.2) is 44.0 Å². The minimum Gasteiger partial charge on any atom is -0.491 e. The first-order valence-electron chi connectivity index (χ1n) is 9.05. The summed E-state index contributed by atoms with van der Waals surface area (Å²) in [6.07, 6.45) is -2.28. The number of rotatable bonds is 7. The average Bonchev–Trinajstić information content (AvgIpc) is 2.87. The summed E-state index contributed by atoms with van der Waals surface area (Å²) < 4.78 is 63.1. The monoisotopic (exact) mass is 376 g/mol. The Labute approximate surface area is 151 Å². The molecule has 1 aromatic rings. The Kier molecular flexibility index (Phi) is 4.52. The number of fused-ring (bicyclic) bond motifs is 2. The van der Waals surface area contributed by atoms with E-state index in [0.29, 0.717) is 6.42 Å². The second-order valence-corrected chi connectivity index (χ2v) is 6.51. The molecule has 1 aliphatic carbocycles. The fraction of sp³-hybridized carbons (Fsp3) is 0.500. The number of hydrogen-bond donors (Lipinski definition) is 2. The van der Waals surface area contributed by atoms with Gasteiger partial charge in [0, 0.05) is 18.3 Å². The maximum atomic E-state index is 12.7. The standard InChI is InChI=1S/C18H19F3O5/c19-18(20,21)10-2-1-3-12(6-10)25-9-11(22)4-5-13-14-7-17(24)26-16(13)8-15(14)23/h1-6,11,13-16,22-23H,7-9H2/b5-4+/t11-,13?,14?,15?,16?/m1/s1/i22T,23T. The van der Waals surface area contributed by atoms with Crippen molar-refractivity contribution in [2.75, 3.05) is 6.61 Å². The number of esters is 1. The number of aliphatic hydroxyl groups is 2. The molecule has 1 saturated heterocycles. The number of hydrogen-bond acceptors (Lipinski definition) is 5. The van der Waals surface area contributed by atoms with Gasteiger partial charge in [0.05, 0.1) is 18.1 Å². The first-order valence-corrected chi connectivity index (χ1v) is 8.23. The molecule has 2 fully saturated rings. The van der Waals surface area contributed by atoms with Crippen molar-refractivity contribution in [2.45, 2.75) is 37.3 Å². The molecule has 2 bridgehead atoms. The number of carbonyl (C=O) groups is 1. The zero-order chi connectivity index (χ0) is 20.3. The SMILES string of the molecule is [3H]OC1CC2OC(=O)CC1C2/C=C/[C@H](COc1cccc(C(F)(F)F)c1)O[3H]. The summed E-state index contributed by atoms with van der Waals surface area (Å²) in [6, 6.07) is 4.44. The van der Waals surface area contributed by atoms with E-state index >= 15 is 0 Å². The maximum Gasteiger partial charge on any atom is 0.416 e. The van der Waals surface area contributed by atoms with Gasteiger partial charge in [-0.1, -0.05) is 18.2 Å². The Morgan fingerprint density at radius 2 is 2.31 bits per heavy atom. The van der Waals surface area contributed by atoms with Crippen LogP contribution in [0.1, 0.15) is 18.4 Å². The van der Waals surface area contributed by atoms with E-state index in [2.05, 4.69) is 10.2 Å². The van der Waals surface area contributed by atoms with Crippen molar-refractivity contribution in [1.29, 1.82) is 2.86 Å². The van der Waals surface area contributed by atoms with Crippen LogP contribution >= 0.6 is 0 Å². The molecule has 4 unspecified atom stereocenters. The number of halogens is 3. The van der Waals surface area contributed by atoms with E-state index in [0.717, 1.165) is 12.1 Å². The van der Waals surface area contributed by atoms with Crippen LogP contribution in [-0.2, 0) is 15.7 Å². The van der Waals surface area contributed by atoms with E-state index < -0.39 is 30.1 Å². The molecule has 26 heavy (non-hydrogen) atoms. The van der Waals surface area contributed by atoms with E-state index in [1.807, 2.05) is 0 Å². The van der Waals surface area contributed by atoms with Crippen LogP contribution in [0.25, 0.3) is 0 Å². The summed E-state index contributed by atoms with van der Waals surface area (Å²) in [7, 11) is 0. The van der Waals surface area contributed by atoms with Gasteiger partial charge in [-0.15, -0.1) is 0 Å². The molecule has 2 N–H and O–H groups in total. The second kappa shape index (κ2) is 7.28. The molecule has 0 amide bonds. The van der Waals surface area contributed by atoms with Gasteiger partial charge < -0.3 is 19.7 Å². The van der Waals surface area contributed by atoms with Crippen molar-refractivity contribution >= 4 is 5.97 Å². The number of ether oxygens (including phenoxy) is 2. The average molecular weight is 376 g/mol. The van der Waals surface area contributed by atoms with Crippen LogP contribution < -0.4 is 4.74 Å². The van der Waals surface area contributed by atoms with Crippen LogP contribution in [0.3, 0.4) is 0 Å². The summed E-state index contributed by atoms with van der Waals surface area (Å²) in [6.45, 7) is -0.165. The highest BCUT2D eigenvalue weighted by Crippen LogP contribution is 2.41. The fourth-order valence-electron chi connectivity index (χ4n) is 3.40. The first kappa shape index (κ1) is 16.1. The first-order chi connectivity index (χ1) is 13.3. The molecule has 1 aliphatic heterocycles. The molecule has 5 nitrogen and oxygen atoms in total. The highest BCUT2D eigenvalue weighted by molar-refractivity contribution is 5.71. The fourth-order valence-corrected chi connectivity index (χ4v) is 3.40. The smallest absolute Gasteiger partial charge is 0.416 e. The zero-order valence-corrected chi connectivity index (χ0v) is 13.6. The number of aliphatic hydroxyl groups excluding tert-OH is 2. The highest BCUT2D eigenvalue weighted by Gasteiger charge is 2.48. The summed E-state index contributed by atoms with van der Waals surface area (Å²) >= 11 is 0. The predicted octanol–water partition coefficient (Wildman–Crippen LogP) is 2.31. The Balaban J connectivity index is 1.61. The van der Waals surface area contributed by atoms with Gasteiger partial charge in [-0.05, 0) is 18.2 Å². The lowest BCUT2D eigenvalue weighted by Crippen LogP contribution is -2.32. The lowest BCUT2D eigenvalue weighted by Gasteiger charge is -2.27. The second-order valence-electron chi connectivity index (χ2n) is 6.51. The Morgan fingerprint density at radius 1 is 1.46 bits per heavy atom. The van der Waals surface area contributed by atoms with Crippen LogP contribution in [0, 0.1) is 11.8 Å². The lowest BCUT2D eigenvalue weighted by atomic mass is 9.88. The molecule has 0 spiro atoms. The van der Waals surface area contributed by atoms with Gasteiger partial charge in [0.1, 0.15) is 24.6 Å². The van der Waals surface area contributed by atoms with Crippen molar-refractivity contribution < 1.29 is 37.7 Å². The molecule has 0 aromatic heterocycles. The predicted molar refractivity (Wildman–Crippen MR) is 84.2 cm³/mol. The normalized spacial score (nSPS) is 30.7. The minimum atomic E-state index is -4.47. The summed E-state index contributed by atoms with van der Waals surface area (Å²) in [5, 5.41) is 9.25. The molecule has 1 heterocycles. The molecule has 8 heteroatoms. The van der Waals surface area contributed by atoms with Crippen molar-refractivity contribution in [3.05, 3.63) is 42.0 Å². The molecular formula is C18H19F3O5. The van der Waals surface area contributed by atoms with Crippen LogP contribution in [0.15, 0.2) is 36.4 Å². The quantitative estimate of drug-likeness (QED) is 0.564. The topological polar surface area (TPSA) is 76.0 Å². The van der Waals surface area contributed by atoms with Crippen LogP contribution in [0.4, 0.5) is 13.2 Å². The van der Waals surface area contributed by atoms with E-state index in [4.69, 9.17) is 12.3 Å². The largest absolute Gasteiger partial charge is 0.491 e. The molecule has 142 valence electrons. The molecule has 0 radical (unpaired) electrons. The van der Waals surface area contributed by atoms with Gasteiger partial charge in [-0.3, -0.25) is 4.79 Å². The van der Waals surface area contributed by atoms with Crippen molar-refractivity contribution in [3.63, 3.8) is 0 Å².